The summed E-state index contributed by atoms with van der Waals surface area (Å²) in [6.07, 6.45) is -0.889. The second-order valence-electron chi connectivity index (χ2n) is 8.19. The highest BCUT2D eigenvalue weighted by Gasteiger charge is 2.30. The molecule has 0 saturated heterocycles. The van der Waals surface area contributed by atoms with E-state index in [0.29, 0.717) is 45.9 Å². The number of ether oxygens (including phenoxy) is 6. The van der Waals surface area contributed by atoms with Gasteiger partial charge in [-0.3, -0.25) is 0 Å². The van der Waals surface area contributed by atoms with Gasteiger partial charge >= 0.3 is 12.2 Å². The number of amides is 2. The summed E-state index contributed by atoms with van der Waals surface area (Å²) < 4.78 is 31.5. The lowest BCUT2D eigenvalue weighted by Gasteiger charge is -2.28. The van der Waals surface area contributed by atoms with Gasteiger partial charge in [-0.05, 0) is 41.5 Å². The number of imide groups is 1. The van der Waals surface area contributed by atoms with Gasteiger partial charge in [0.05, 0.1) is 52.8 Å². The smallest absolute Gasteiger partial charge is 0.419 e. The zero-order valence-electron chi connectivity index (χ0n) is 19.1. The van der Waals surface area contributed by atoms with Crippen LogP contribution in [0.25, 0.3) is 0 Å². The number of rotatable bonds is 14. The highest BCUT2D eigenvalue weighted by molar-refractivity contribution is 5.88. The number of carbonyl (C=O) groups is 3. The van der Waals surface area contributed by atoms with Crippen LogP contribution in [0.2, 0.25) is 0 Å². The van der Waals surface area contributed by atoms with Crippen LogP contribution in [0, 0.1) is 0 Å². The molecule has 0 aliphatic carbocycles. The molecule has 0 atom stereocenters. The van der Waals surface area contributed by atoms with Crippen molar-refractivity contribution in [3.05, 3.63) is 0 Å². The number of hydrogen-bond acceptors (Lipinski definition) is 9. The standard InChI is InChI=1S/C20H37NO9/c1-19(2,3)29-17(23)21(18(24)30-20(4,5)6)7-9-25-11-13-27-15-16-28-14-12-26-10-8-22/h8H,7,9-16H2,1-6H3. The Morgan fingerprint density at radius 2 is 1.03 bits per heavy atom. The van der Waals surface area contributed by atoms with Crippen LogP contribution in [0.3, 0.4) is 0 Å². The molecule has 0 heterocycles. The van der Waals surface area contributed by atoms with E-state index in [1.54, 1.807) is 41.5 Å². The highest BCUT2D eigenvalue weighted by atomic mass is 16.6. The summed E-state index contributed by atoms with van der Waals surface area (Å²) in [6, 6.07) is 0. The minimum absolute atomic E-state index is 0.00622. The van der Waals surface area contributed by atoms with Gasteiger partial charge in [-0.1, -0.05) is 0 Å². The SMILES string of the molecule is CC(C)(C)OC(=O)N(CCOCCOCCOCCOCC=O)C(=O)OC(C)(C)C. The van der Waals surface area contributed by atoms with Crippen molar-refractivity contribution in [2.75, 3.05) is 59.4 Å². The molecular weight excluding hydrogens is 398 g/mol. The monoisotopic (exact) mass is 435 g/mol. The first-order valence-corrected chi connectivity index (χ1v) is 9.94. The van der Waals surface area contributed by atoms with Crippen molar-refractivity contribution in [2.45, 2.75) is 52.7 Å². The summed E-state index contributed by atoms with van der Waals surface area (Å²) in [5.74, 6) is 0. The minimum atomic E-state index is -0.786. The predicted molar refractivity (Wildman–Crippen MR) is 109 cm³/mol. The Bertz CT molecular complexity index is 469. The van der Waals surface area contributed by atoms with Crippen LogP contribution in [0.4, 0.5) is 9.59 Å². The van der Waals surface area contributed by atoms with Crippen LogP contribution < -0.4 is 0 Å². The van der Waals surface area contributed by atoms with Gasteiger partial charge in [-0.2, -0.15) is 0 Å². The predicted octanol–water partition coefficient (Wildman–Crippen LogP) is 2.42. The average Bonchev–Trinajstić information content (AvgIpc) is 2.58. The quantitative estimate of drug-likeness (QED) is 0.300. The molecule has 0 radical (unpaired) electrons. The van der Waals surface area contributed by atoms with E-state index in [-0.39, 0.29) is 19.8 Å². The van der Waals surface area contributed by atoms with Crippen LogP contribution in [0.15, 0.2) is 0 Å². The van der Waals surface area contributed by atoms with Crippen LogP contribution in [-0.2, 0) is 33.2 Å². The van der Waals surface area contributed by atoms with E-state index in [0.717, 1.165) is 4.90 Å². The number of carbonyl (C=O) groups excluding carboxylic acids is 3. The Morgan fingerprint density at radius 3 is 1.40 bits per heavy atom. The molecule has 0 aromatic heterocycles. The second-order valence-corrected chi connectivity index (χ2v) is 8.19. The van der Waals surface area contributed by atoms with Crippen LogP contribution >= 0.6 is 0 Å². The van der Waals surface area contributed by atoms with Gasteiger partial charge in [-0.15, -0.1) is 0 Å². The van der Waals surface area contributed by atoms with Crippen LogP contribution in [0.1, 0.15) is 41.5 Å². The van der Waals surface area contributed by atoms with E-state index < -0.39 is 23.4 Å². The van der Waals surface area contributed by atoms with E-state index in [2.05, 4.69) is 0 Å². The van der Waals surface area contributed by atoms with Crippen molar-refractivity contribution < 1.29 is 42.8 Å². The van der Waals surface area contributed by atoms with Crippen molar-refractivity contribution in [1.82, 2.24) is 4.90 Å². The van der Waals surface area contributed by atoms with Crippen molar-refractivity contribution in [1.29, 1.82) is 0 Å². The number of nitrogens with zero attached hydrogens (tertiary/aromatic N) is 1. The Labute approximate surface area is 179 Å². The van der Waals surface area contributed by atoms with Crippen molar-refractivity contribution in [3.8, 4) is 0 Å². The topological polar surface area (TPSA) is 110 Å². The molecule has 0 N–H and O–H groups in total. The summed E-state index contributed by atoms with van der Waals surface area (Å²) in [7, 11) is 0. The zero-order valence-corrected chi connectivity index (χ0v) is 19.1. The fourth-order valence-corrected chi connectivity index (χ4v) is 1.84. The molecule has 0 aliphatic heterocycles. The first kappa shape index (κ1) is 28.2. The second kappa shape index (κ2) is 15.1. The minimum Gasteiger partial charge on any atom is -0.443 e. The Morgan fingerprint density at radius 1 is 0.667 bits per heavy atom. The fourth-order valence-electron chi connectivity index (χ4n) is 1.84. The van der Waals surface area contributed by atoms with E-state index in [1.165, 1.54) is 0 Å². The van der Waals surface area contributed by atoms with E-state index in [1.807, 2.05) is 0 Å². The molecule has 0 aliphatic rings. The molecule has 30 heavy (non-hydrogen) atoms. The molecule has 0 spiro atoms. The maximum atomic E-state index is 12.3. The van der Waals surface area contributed by atoms with Crippen LogP contribution in [0.5, 0.6) is 0 Å². The van der Waals surface area contributed by atoms with E-state index in [9.17, 15) is 14.4 Å². The summed E-state index contributed by atoms with van der Waals surface area (Å²) >= 11 is 0. The Balaban J connectivity index is 4.09. The van der Waals surface area contributed by atoms with Crippen molar-refractivity contribution >= 4 is 18.5 Å². The molecule has 0 aromatic carbocycles. The third-order valence-electron chi connectivity index (χ3n) is 2.99. The van der Waals surface area contributed by atoms with Crippen molar-refractivity contribution in [2.24, 2.45) is 0 Å². The molecule has 10 nitrogen and oxygen atoms in total. The molecule has 0 unspecified atom stereocenters. The van der Waals surface area contributed by atoms with E-state index in [4.69, 9.17) is 28.4 Å². The number of aldehydes is 1. The first-order valence-electron chi connectivity index (χ1n) is 9.94. The lowest BCUT2D eigenvalue weighted by Crippen LogP contribution is -2.45. The van der Waals surface area contributed by atoms with Crippen LogP contribution in [-0.4, -0.2) is 94.0 Å². The van der Waals surface area contributed by atoms with Gasteiger partial charge in [0, 0.05) is 0 Å². The van der Waals surface area contributed by atoms with Gasteiger partial charge in [0.2, 0.25) is 0 Å². The van der Waals surface area contributed by atoms with E-state index >= 15 is 0 Å². The average molecular weight is 436 g/mol. The largest absolute Gasteiger partial charge is 0.443 e. The summed E-state index contributed by atoms with van der Waals surface area (Å²) in [5.41, 5.74) is -1.48. The maximum Gasteiger partial charge on any atom is 0.419 e. The highest BCUT2D eigenvalue weighted by Crippen LogP contribution is 2.14. The fraction of sp³-hybridized carbons (Fsp3) is 0.850. The molecule has 0 fully saturated rings. The third kappa shape index (κ3) is 17.1. The molecule has 0 aromatic rings. The lowest BCUT2D eigenvalue weighted by atomic mass is 10.2. The third-order valence-corrected chi connectivity index (χ3v) is 2.99. The Kier molecular flexibility index (Phi) is 14.2. The van der Waals surface area contributed by atoms with Gasteiger partial charge < -0.3 is 33.2 Å². The van der Waals surface area contributed by atoms with Gasteiger partial charge in [0.1, 0.15) is 24.1 Å². The zero-order chi connectivity index (χ0) is 23.0. The molecule has 0 rings (SSSR count). The summed E-state index contributed by atoms with van der Waals surface area (Å²) in [4.78, 5) is 35.6. The van der Waals surface area contributed by atoms with Gasteiger partial charge in [0.25, 0.3) is 0 Å². The Hall–Kier alpha value is -1.75. The molecule has 2 amide bonds. The van der Waals surface area contributed by atoms with Gasteiger partial charge in [0.15, 0.2) is 0 Å². The maximum absolute atomic E-state index is 12.3. The molecule has 176 valence electrons. The van der Waals surface area contributed by atoms with Gasteiger partial charge in [-0.25, -0.2) is 14.5 Å². The summed E-state index contributed by atoms with van der Waals surface area (Å²) in [6.45, 7) is 12.6. The summed E-state index contributed by atoms with van der Waals surface area (Å²) in [5, 5.41) is 0. The molecule has 0 bridgehead atoms. The molecule has 0 saturated carbocycles. The molecule has 10 heteroatoms. The number of hydrogen-bond donors (Lipinski definition) is 0. The first-order chi connectivity index (χ1) is 14.0. The lowest BCUT2D eigenvalue weighted by molar-refractivity contribution is -0.112. The normalized spacial score (nSPS) is 11.8. The molecular formula is C20H37NO9. The van der Waals surface area contributed by atoms with Crippen molar-refractivity contribution in [3.63, 3.8) is 0 Å².